The lowest BCUT2D eigenvalue weighted by Crippen LogP contribution is -2.37. The molecule has 0 bridgehead atoms. The van der Waals surface area contributed by atoms with Gasteiger partial charge in [0.05, 0.1) is 0 Å². The lowest BCUT2D eigenvalue weighted by atomic mass is 10.1. The molecular formula is C15H19N3O2. The number of hydrogen-bond donors (Lipinski definition) is 1. The van der Waals surface area contributed by atoms with Gasteiger partial charge in [-0.2, -0.15) is 0 Å². The van der Waals surface area contributed by atoms with Gasteiger partial charge in [0.15, 0.2) is 5.78 Å². The summed E-state index contributed by atoms with van der Waals surface area (Å²) in [4.78, 5) is 27.7. The minimum atomic E-state index is 0.0178. The first-order valence-corrected chi connectivity index (χ1v) is 7.15. The number of ketones is 1. The van der Waals surface area contributed by atoms with Gasteiger partial charge in [-0.25, -0.2) is 4.79 Å². The molecule has 0 atom stereocenters. The van der Waals surface area contributed by atoms with Crippen LogP contribution in [0.5, 0.6) is 0 Å². The number of amides is 2. The molecule has 0 aliphatic carbocycles. The number of carbonyl (C=O) groups is 2. The molecule has 5 heteroatoms. The van der Waals surface area contributed by atoms with Crippen LogP contribution in [0.25, 0.3) is 0 Å². The van der Waals surface area contributed by atoms with Crippen LogP contribution in [0.4, 0.5) is 10.5 Å². The zero-order valence-corrected chi connectivity index (χ0v) is 11.5. The summed E-state index contributed by atoms with van der Waals surface area (Å²) in [6.07, 6.45) is 1.48. The maximum Gasteiger partial charge on any atom is 0.317 e. The zero-order chi connectivity index (χ0) is 13.9. The highest BCUT2D eigenvalue weighted by Gasteiger charge is 2.23. The van der Waals surface area contributed by atoms with E-state index in [9.17, 15) is 9.59 Å². The first kappa shape index (κ1) is 13.0. The molecule has 5 nitrogen and oxygen atoms in total. The van der Waals surface area contributed by atoms with Gasteiger partial charge in [0, 0.05) is 50.4 Å². The minimum absolute atomic E-state index is 0.0178. The maximum absolute atomic E-state index is 12.1. The predicted molar refractivity (Wildman–Crippen MR) is 77.2 cm³/mol. The Bertz CT molecular complexity index is 530. The molecule has 3 rings (SSSR count). The summed E-state index contributed by atoms with van der Waals surface area (Å²) in [6, 6.07) is 7.80. The molecule has 0 saturated carbocycles. The van der Waals surface area contributed by atoms with Crippen molar-refractivity contribution < 1.29 is 9.59 Å². The Labute approximate surface area is 118 Å². The summed E-state index contributed by atoms with van der Waals surface area (Å²) >= 11 is 0. The summed E-state index contributed by atoms with van der Waals surface area (Å²) in [5.41, 5.74) is 1.82. The number of para-hydroxylation sites is 1. The van der Waals surface area contributed by atoms with Crippen molar-refractivity contribution in [2.45, 2.75) is 12.8 Å². The van der Waals surface area contributed by atoms with Crippen molar-refractivity contribution >= 4 is 17.5 Å². The van der Waals surface area contributed by atoms with Crippen LogP contribution in [-0.2, 0) is 0 Å². The highest BCUT2D eigenvalue weighted by Crippen LogP contribution is 2.25. The fourth-order valence-corrected chi connectivity index (χ4v) is 2.87. The van der Waals surface area contributed by atoms with E-state index < -0.39 is 0 Å². The Balaban J connectivity index is 1.74. The van der Waals surface area contributed by atoms with Crippen molar-refractivity contribution in [1.82, 2.24) is 10.2 Å². The summed E-state index contributed by atoms with van der Waals surface area (Å²) in [6.45, 7) is 3.85. The van der Waals surface area contributed by atoms with E-state index in [-0.39, 0.29) is 11.8 Å². The number of rotatable bonds is 3. The van der Waals surface area contributed by atoms with E-state index in [2.05, 4.69) is 10.2 Å². The van der Waals surface area contributed by atoms with Crippen molar-refractivity contribution in [2.24, 2.45) is 0 Å². The second kappa shape index (κ2) is 5.53. The van der Waals surface area contributed by atoms with Gasteiger partial charge in [0.1, 0.15) is 0 Å². The van der Waals surface area contributed by atoms with E-state index in [1.807, 2.05) is 29.2 Å². The Kier molecular flexibility index (Phi) is 3.58. The topological polar surface area (TPSA) is 52.7 Å². The lowest BCUT2D eigenvalue weighted by molar-refractivity contribution is 0.0984. The molecule has 0 spiro atoms. The zero-order valence-electron chi connectivity index (χ0n) is 11.5. The van der Waals surface area contributed by atoms with E-state index in [0.717, 1.165) is 43.9 Å². The number of nitrogens with zero attached hydrogens (tertiary/aromatic N) is 2. The van der Waals surface area contributed by atoms with Crippen LogP contribution in [-0.4, -0.2) is 49.4 Å². The monoisotopic (exact) mass is 273 g/mol. The number of carbonyl (C=O) groups excluding carboxylic acids is 2. The van der Waals surface area contributed by atoms with Gasteiger partial charge in [0.2, 0.25) is 0 Å². The van der Waals surface area contributed by atoms with E-state index in [4.69, 9.17) is 0 Å². The fourth-order valence-electron chi connectivity index (χ4n) is 2.87. The second-order valence-electron chi connectivity index (χ2n) is 5.25. The molecule has 20 heavy (non-hydrogen) atoms. The standard InChI is InChI=1S/C15H19N3O2/c19-14-6-3-8-17(13-5-2-1-4-12(13)14)10-11-18-9-7-16-15(18)20/h1-2,4-5H,3,6-11H2,(H,16,20). The molecule has 1 N–H and O–H groups in total. The molecule has 2 heterocycles. The fraction of sp³-hybridized carbons (Fsp3) is 0.467. The highest BCUT2D eigenvalue weighted by molar-refractivity contribution is 6.01. The molecule has 2 aliphatic heterocycles. The minimum Gasteiger partial charge on any atom is -0.369 e. The Morgan fingerprint density at radius 1 is 1.05 bits per heavy atom. The van der Waals surface area contributed by atoms with Crippen LogP contribution in [0.1, 0.15) is 23.2 Å². The van der Waals surface area contributed by atoms with E-state index in [1.165, 1.54) is 0 Å². The van der Waals surface area contributed by atoms with Crippen molar-refractivity contribution in [3.05, 3.63) is 29.8 Å². The molecule has 1 aromatic carbocycles. The highest BCUT2D eigenvalue weighted by atomic mass is 16.2. The summed E-state index contributed by atoms with van der Waals surface area (Å²) < 4.78 is 0. The van der Waals surface area contributed by atoms with Gasteiger partial charge in [0.25, 0.3) is 0 Å². The SMILES string of the molecule is O=C1CCCN(CCN2CCNC2=O)c2ccccc21. The first-order valence-electron chi connectivity index (χ1n) is 7.15. The molecule has 0 aromatic heterocycles. The number of hydrogen-bond acceptors (Lipinski definition) is 3. The normalized spacial score (nSPS) is 18.8. The van der Waals surface area contributed by atoms with Gasteiger partial charge in [-0.1, -0.05) is 12.1 Å². The van der Waals surface area contributed by atoms with Crippen LogP contribution in [0.15, 0.2) is 24.3 Å². The average Bonchev–Trinajstić information content (AvgIpc) is 2.80. The average molecular weight is 273 g/mol. The summed E-state index contributed by atoms with van der Waals surface area (Å²) in [5.74, 6) is 0.224. The summed E-state index contributed by atoms with van der Waals surface area (Å²) in [7, 11) is 0. The molecule has 1 saturated heterocycles. The number of urea groups is 1. The summed E-state index contributed by atoms with van der Waals surface area (Å²) in [5, 5.41) is 2.81. The Morgan fingerprint density at radius 3 is 2.65 bits per heavy atom. The predicted octanol–water partition coefficient (Wildman–Crippen LogP) is 1.49. The third-order valence-corrected chi connectivity index (χ3v) is 3.96. The first-order chi connectivity index (χ1) is 9.75. The third kappa shape index (κ3) is 2.48. The van der Waals surface area contributed by atoms with Crippen LogP contribution < -0.4 is 10.2 Å². The van der Waals surface area contributed by atoms with Crippen molar-refractivity contribution in [3.8, 4) is 0 Å². The van der Waals surface area contributed by atoms with E-state index in [0.29, 0.717) is 13.0 Å². The van der Waals surface area contributed by atoms with Crippen molar-refractivity contribution in [2.75, 3.05) is 37.6 Å². The molecule has 1 aromatic rings. The smallest absolute Gasteiger partial charge is 0.317 e. The van der Waals surface area contributed by atoms with Crippen LogP contribution in [0, 0.1) is 0 Å². The van der Waals surface area contributed by atoms with Crippen molar-refractivity contribution in [1.29, 1.82) is 0 Å². The van der Waals surface area contributed by atoms with Gasteiger partial charge in [-0.3, -0.25) is 4.79 Å². The van der Waals surface area contributed by atoms with E-state index in [1.54, 1.807) is 0 Å². The van der Waals surface area contributed by atoms with Crippen molar-refractivity contribution in [3.63, 3.8) is 0 Å². The molecular weight excluding hydrogens is 254 g/mol. The van der Waals surface area contributed by atoms with Gasteiger partial charge in [-0.15, -0.1) is 0 Å². The van der Waals surface area contributed by atoms with Gasteiger partial charge < -0.3 is 15.1 Å². The van der Waals surface area contributed by atoms with Crippen LogP contribution >= 0.6 is 0 Å². The lowest BCUT2D eigenvalue weighted by Gasteiger charge is -2.26. The second-order valence-corrected chi connectivity index (χ2v) is 5.25. The number of fused-ring (bicyclic) bond motifs is 1. The number of anilines is 1. The number of Topliss-reactive ketones (excluding diaryl/α,β-unsaturated/α-hetero) is 1. The van der Waals surface area contributed by atoms with Gasteiger partial charge >= 0.3 is 6.03 Å². The molecule has 2 aliphatic rings. The molecule has 0 unspecified atom stereocenters. The van der Waals surface area contributed by atoms with Crippen LogP contribution in [0.3, 0.4) is 0 Å². The number of nitrogens with one attached hydrogen (secondary N) is 1. The molecule has 1 fully saturated rings. The Hall–Kier alpha value is -2.04. The Morgan fingerprint density at radius 2 is 1.85 bits per heavy atom. The van der Waals surface area contributed by atoms with Gasteiger partial charge in [-0.05, 0) is 18.6 Å². The number of benzene rings is 1. The van der Waals surface area contributed by atoms with E-state index >= 15 is 0 Å². The van der Waals surface area contributed by atoms with Crippen LogP contribution in [0.2, 0.25) is 0 Å². The molecule has 0 radical (unpaired) electrons. The largest absolute Gasteiger partial charge is 0.369 e. The third-order valence-electron chi connectivity index (χ3n) is 3.96. The molecule has 106 valence electrons. The molecule has 2 amide bonds. The quantitative estimate of drug-likeness (QED) is 0.908. The maximum atomic E-state index is 12.1.